The van der Waals surface area contributed by atoms with Gasteiger partial charge in [0.15, 0.2) is 0 Å². The van der Waals surface area contributed by atoms with Gasteiger partial charge in [-0.25, -0.2) is 4.79 Å². The summed E-state index contributed by atoms with van der Waals surface area (Å²) >= 11 is 0. The molecule has 98 valence electrons. The predicted molar refractivity (Wildman–Crippen MR) is 70.0 cm³/mol. The Hall–Kier alpha value is -1.55. The quantitative estimate of drug-likeness (QED) is 0.858. The van der Waals surface area contributed by atoms with Crippen LogP contribution in [0.2, 0.25) is 0 Å². The van der Waals surface area contributed by atoms with Gasteiger partial charge >= 0.3 is 6.03 Å². The van der Waals surface area contributed by atoms with E-state index in [-0.39, 0.29) is 12.6 Å². The van der Waals surface area contributed by atoms with Gasteiger partial charge in [0.25, 0.3) is 0 Å². The van der Waals surface area contributed by atoms with Gasteiger partial charge in [0.05, 0.1) is 6.61 Å². The minimum absolute atomic E-state index is 0.0177. The maximum Gasteiger partial charge on any atom is 0.317 e. The number of likely N-dealkylation sites (tertiary alicyclic amines) is 1. The van der Waals surface area contributed by atoms with E-state index in [0.29, 0.717) is 6.54 Å². The fourth-order valence-corrected chi connectivity index (χ4v) is 2.22. The second kappa shape index (κ2) is 6.40. The van der Waals surface area contributed by atoms with Crippen LogP contribution in [0, 0.1) is 0 Å². The summed E-state index contributed by atoms with van der Waals surface area (Å²) in [5.74, 6) is 0. The van der Waals surface area contributed by atoms with Crippen LogP contribution in [-0.2, 0) is 13.2 Å². The number of rotatable bonds is 3. The molecule has 1 aliphatic rings. The zero-order valence-corrected chi connectivity index (χ0v) is 10.6. The van der Waals surface area contributed by atoms with E-state index in [1.807, 2.05) is 29.2 Å². The molecule has 18 heavy (non-hydrogen) atoms. The zero-order chi connectivity index (χ0) is 12.8. The molecular weight excluding hydrogens is 228 g/mol. The van der Waals surface area contributed by atoms with Gasteiger partial charge in [-0.2, -0.15) is 0 Å². The van der Waals surface area contributed by atoms with Gasteiger partial charge < -0.3 is 15.3 Å². The first-order chi connectivity index (χ1) is 8.79. The van der Waals surface area contributed by atoms with E-state index in [4.69, 9.17) is 5.11 Å². The van der Waals surface area contributed by atoms with E-state index in [1.54, 1.807) is 0 Å². The normalized spacial score (nSPS) is 15.5. The zero-order valence-electron chi connectivity index (χ0n) is 10.6. The van der Waals surface area contributed by atoms with Crippen LogP contribution in [0.5, 0.6) is 0 Å². The van der Waals surface area contributed by atoms with E-state index in [0.717, 1.165) is 37.1 Å². The number of benzene rings is 1. The molecule has 4 nitrogen and oxygen atoms in total. The lowest BCUT2D eigenvalue weighted by Gasteiger charge is -2.26. The van der Waals surface area contributed by atoms with Crippen molar-refractivity contribution in [1.29, 1.82) is 0 Å². The van der Waals surface area contributed by atoms with Crippen molar-refractivity contribution in [2.75, 3.05) is 13.1 Å². The van der Waals surface area contributed by atoms with E-state index in [2.05, 4.69) is 5.32 Å². The van der Waals surface area contributed by atoms with Crippen LogP contribution in [0.25, 0.3) is 0 Å². The number of aliphatic hydroxyl groups excluding tert-OH is 1. The monoisotopic (exact) mass is 248 g/mol. The summed E-state index contributed by atoms with van der Waals surface area (Å²) in [5.41, 5.74) is 1.90. The largest absolute Gasteiger partial charge is 0.392 e. The highest BCUT2D eigenvalue weighted by molar-refractivity contribution is 5.74. The Kier molecular flexibility index (Phi) is 4.59. The number of nitrogens with zero attached hydrogens (tertiary/aromatic N) is 1. The molecule has 1 aromatic rings. The standard InChI is InChI=1S/C14H20N2O2/c17-11-13-6-4-5-12(9-13)10-15-14(18)16-7-2-1-3-8-16/h4-6,9,17H,1-3,7-8,10-11H2,(H,15,18). The Balaban J connectivity index is 1.84. The van der Waals surface area contributed by atoms with Crippen LogP contribution in [-0.4, -0.2) is 29.1 Å². The third-order valence-electron chi connectivity index (χ3n) is 3.26. The maximum absolute atomic E-state index is 11.9. The Bertz CT molecular complexity index is 401. The van der Waals surface area contributed by atoms with E-state index < -0.39 is 0 Å². The van der Waals surface area contributed by atoms with Crippen LogP contribution in [0.3, 0.4) is 0 Å². The molecule has 2 amide bonds. The third-order valence-corrected chi connectivity index (χ3v) is 3.26. The minimum atomic E-state index is 0.0177. The number of hydrogen-bond acceptors (Lipinski definition) is 2. The van der Waals surface area contributed by atoms with E-state index in [9.17, 15) is 4.79 Å². The van der Waals surface area contributed by atoms with Gasteiger partial charge in [0, 0.05) is 19.6 Å². The van der Waals surface area contributed by atoms with Gasteiger partial charge in [-0.05, 0) is 30.4 Å². The molecule has 1 aliphatic heterocycles. The first kappa shape index (κ1) is 12.9. The molecule has 1 saturated heterocycles. The second-order valence-electron chi connectivity index (χ2n) is 4.68. The fraction of sp³-hybridized carbons (Fsp3) is 0.500. The van der Waals surface area contributed by atoms with Crippen LogP contribution in [0.4, 0.5) is 4.79 Å². The van der Waals surface area contributed by atoms with Crippen molar-refractivity contribution in [3.8, 4) is 0 Å². The Morgan fingerprint density at radius 1 is 1.22 bits per heavy atom. The van der Waals surface area contributed by atoms with Crippen molar-refractivity contribution < 1.29 is 9.90 Å². The molecule has 0 bridgehead atoms. The summed E-state index contributed by atoms with van der Waals surface area (Å²) in [6.45, 7) is 2.28. The van der Waals surface area contributed by atoms with Crippen molar-refractivity contribution in [2.24, 2.45) is 0 Å². The highest BCUT2D eigenvalue weighted by atomic mass is 16.3. The smallest absolute Gasteiger partial charge is 0.317 e. The molecule has 0 aromatic heterocycles. The number of aliphatic hydroxyl groups is 1. The van der Waals surface area contributed by atoms with Gasteiger partial charge in [-0.1, -0.05) is 24.3 Å². The summed E-state index contributed by atoms with van der Waals surface area (Å²) < 4.78 is 0. The summed E-state index contributed by atoms with van der Waals surface area (Å²) in [6, 6.07) is 7.65. The summed E-state index contributed by atoms with van der Waals surface area (Å²) in [5, 5.41) is 12.0. The summed E-state index contributed by atoms with van der Waals surface area (Å²) in [4.78, 5) is 13.8. The predicted octanol–water partition coefficient (Wildman–Crippen LogP) is 1.87. The summed E-state index contributed by atoms with van der Waals surface area (Å²) in [7, 11) is 0. The van der Waals surface area contributed by atoms with Crippen molar-refractivity contribution in [3.05, 3.63) is 35.4 Å². The lowest BCUT2D eigenvalue weighted by molar-refractivity contribution is 0.186. The van der Waals surface area contributed by atoms with Crippen molar-refractivity contribution in [1.82, 2.24) is 10.2 Å². The molecule has 0 aliphatic carbocycles. The molecule has 0 unspecified atom stereocenters. The minimum Gasteiger partial charge on any atom is -0.392 e. The number of urea groups is 1. The average Bonchev–Trinajstić information content (AvgIpc) is 2.46. The van der Waals surface area contributed by atoms with Crippen molar-refractivity contribution >= 4 is 6.03 Å². The number of nitrogens with one attached hydrogen (secondary N) is 1. The maximum atomic E-state index is 11.9. The molecule has 1 fully saturated rings. The van der Waals surface area contributed by atoms with Gasteiger partial charge in [0.2, 0.25) is 0 Å². The molecule has 2 N–H and O–H groups in total. The SMILES string of the molecule is O=C(NCc1cccc(CO)c1)N1CCCCC1. The van der Waals surface area contributed by atoms with Crippen molar-refractivity contribution in [3.63, 3.8) is 0 Å². The van der Waals surface area contributed by atoms with Crippen LogP contribution in [0.15, 0.2) is 24.3 Å². The molecule has 4 heteroatoms. The molecule has 0 radical (unpaired) electrons. The molecular formula is C14H20N2O2. The molecule has 0 saturated carbocycles. The molecule has 0 atom stereocenters. The topological polar surface area (TPSA) is 52.6 Å². The number of carbonyl (C=O) groups excluding carboxylic acids is 1. The first-order valence-electron chi connectivity index (χ1n) is 6.51. The lowest BCUT2D eigenvalue weighted by Crippen LogP contribution is -2.42. The van der Waals surface area contributed by atoms with Gasteiger partial charge in [0.1, 0.15) is 0 Å². The third kappa shape index (κ3) is 3.47. The van der Waals surface area contributed by atoms with Crippen LogP contribution < -0.4 is 5.32 Å². The highest BCUT2D eigenvalue weighted by Crippen LogP contribution is 2.09. The number of hydrogen-bond donors (Lipinski definition) is 2. The number of amides is 2. The Labute approximate surface area is 108 Å². The summed E-state index contributed by atoms with van der Waals surface area (Å²) in [6.07, 6.45) is 3.43. The Morgan fingerprint density at radius 2 is 1.94 bits per heavy atom. The average molecular weight is 248 g/mol. The second-order valence-corrected chi connectivity index (χ2v) is 4.68. The lowest BCUT2D eigenvalue weighted by atomic mass is 10.1. The Morgan fingerprint density at radius 3 is 2.67 bits per heavy atom. The highest BCUT2D eigenvalue weighted by Gasteiger charge is 2.15. The van der Waals surface area contributed by atoms with Gasteiger partial charge in [-0.3, -0.25) is 0 Å². The fourth-order valence-electron chi connectivity index (χ4n) is 2.22. The van der Waals surface area contributed by atoms with E-state index in [1.165, 1.54) is 6.42 Å². The molecule has 2 rings (SSSR count). The van der Waals surface area contributed by atoms with E-state index >= 15 is 0 Å². The molecule has 1 heterocycles. The van der Waals surface area contributed by atoms with Crippen molar-refractivity contribution in [2.45, 2.75) is 32.4 Å². The molecule has 0 spiro atoms. The van der Waals surface area contributed by atoms with Gasteiger partial charge in [-0.15, -0.1) is 0 Å². The first-order valence-corrected chi connectivity index (χ1v) is 6.51. The van der Waals surface area contributed by atoms with Crippen LogP contribution >= 0.6 is 0 Å². The number of carbonyl (C=O) groups is 1. The van der Waals surface area contributed by atoms with Crippen LogP contribution in [0.1, 0.15) is 30.4 Å². The molecule has 1 aromatic carbocycles. The number of piperidine rings is 1.